The summed E-state index contributed by atoms with van der Waals surface area (Å²) in [6.07, 6.45) is 0.687. The van der Waals surface area contributed by atoms with E-state index in [1.165, 1.54) is 13.0 Å². The van der Waals surface area contributed by atoms with E-state index in [-0.39, 0.29) is 11.5 Å². The highest BCUT2D eigenvalue weighted by atomic mass is 16.5. The molecule has 0 saturated carbocycles. The smallest absolute Gasteiger partial charge is 0.344 e. The Bertz CT molecular complexity index is 792. The lowest BCUT2D eigenvalue weighted by atomic mass is 10.1. The van der Waals surface area contributed by atoms with Crippen LogP contribution in [0.4, 0.5) is 0 Å². The van der Waals surface area contributed by atoms with Gasteiger partial charge in [0.1, 0.15) is 11.5 Å². The summed E-state index contributed by atoms with van der Waals surface area (Å²) in [5.74, 6) is -0.330. The number of carboxylic acids is 1. The molecule has 0 amide bonds. The summed E-state index contributed by atoms with van der Waals surface area (Å²) >= 11 is 0. The molecule has 1 atom stereocenters. The standard InChI is InChI=1S/C18H14O5/c1-11(18(20)21)22-13-7-8-14-15(10-13)23-16(17(14)19)9-12-5-3-2-4-6-12/h2-11H,1H3,(H,20,21). The second-order valence-corrected chi connectivity index (χ2v) is 5.11. The lowest BCUT2D eigenvalue weighted by Crippen LogP contribution is -2.22. The van der Waals surface area contributed by atoms with Crippen LogP contribution in [0.25, 0.3) is 6.08 Å². The molecule has 0 saturated heterocycles. The highest BCUT2D eigenvalue weighted by molar-refractivity contribution is 6.14. The van der Waals surface area contributed by atoms with Crippen LogP contribution in [0, 0.1) is 0 Å². The SMILES string of the molecule is CC(Oc1ccc2c(c1)OC(=Cc1ccccc1)C2=O)C(=O)O. The largest absolute Gasteiger partial charge is 0.479 e. The highest BCUT2D eigenvalue weighted by Crippen LogP contribution is 2.35. The van der Waals surface area contributed by atoms with Gasteiger partial charge in [0.05, 0.1) is 5.56 Å². The maximum atomic E-state index is 12.3. The maximum absolute atomic E-state index is 12.3. The van der Waals surface area contributed by atoms with Gasteiger partial charge in [-0.05, 0) is 30.7 Å². The highest BCUT2D eigenvalue weighted by Gasteiger charge is 2.28. The van der Waals surface area contributed by atoms with E-state index in [9.17, 15) is 9.59 Å². The minimum Gasteiger partial charge on any atom is -0.479 e. The first-order valence-corrected chi connectivity index (χ1v) is 7.07. The Morgan fingerprint density at radius 2 is 1.96 bits per heavy atom. The van der Waals surface area contributed by atoms with Crippen molar-refractivity contribution in [2.24, 2.45) is 0 Å². The normalized spacial score (nSPS) is 15.9. The fourth-order valence-electron chi connectivity index (χ4n) is 2.20. The van der Waals surface area contributed by atoms with E-state index >= 15 is 0 Å². The van der Waals surface area contributed by atoms with Crippen LogP contribution in [0.2, 0.25) is 0 Å². The first-order valence-electron chi connectivity index (χ1n) is 7.07. The number of Topliss-reactive ketones (excluding diaryl/α,β-unsaturated/α-hetero) is 1. The summed E-state index contributed by atoms with van der Waals surface area (Å²) in [4.78, 5) is 23.1. The first-order chi connectivity index (χ1) is 11.0. The van der Waals surface area contributed by atoms with Gasteiger partial charge in [-0.3, -0.25) is 4.79 Å². The average molecular weight is 310 g/mol. The summed E-state index contributed by atoms with van der Waals surface area (Å²) in [6.45, 7) is 1.43. The third kappa shape index (κ3) is 3.08. The second-order valence-electron chi connectivity index (χ2n) is 5.11. The Labute approximate surface area is 132 Å². The predicted molar refractivity (Wildman–Crippen MR) is 83.5 cm³/mol. The van der Waals surface area contributed by atoms with Gasteiger partial charge < -0.3 is 14.6 Å². The lowest BCUT2D eigenvalue weighted by Gasteiger charge is -2.10. The van der Waals surface area contributed by atoms with E-state index in [0.717, 1.165) is 5.56 Å². The maximum Gasteiger partial charge on any atom is 0.344 e. The van der Waals surface area contributed by atoms with Gasteiger partial charge in [-0.2, -0.15) is 0 Å². The molecule has 1 aliphatic heterocycles. The number of aliphatic carboxylic acids is 1. The number of fused-ring (bicyclic) bond motifs is 1. The topological polar surface area (TPSA) is 72.8 Å². The molecular weight excluding hydrogens is 296 g/mol. The number of hydrogen-bond acceptors (Lipinski definition) is 4. The molecule has 0 bridgehead atoms. The molecule has 1 heterocycles. The number of ketones is 1. The molecule has 2 aromatic carbocycles. The quantitative estimate of drug-likeness (QED) is 0.878. The van der Waals surface area contributed by atoms with Gasteiger partial charge >= 0.3 is 5.97 Å². The van der Waals surface area contributed by atoms with Crippen LogP contribution >= 0.6 is 0 Å². The number of allylic oxidation sites excluding steroid dienone is 1. The monoisotopic (exact) mass is 310 g/mol. The summed E-state index contributed by atoms with van der Waals surface area (Å²) < 4.78 is 10.9. The molecule has 1 unspecified atom stereocenters. The average Bonchev–Trinajstić information content (AvgIpc) is 2.84. The molecule has 23 heavy (non-hydrogen) atoms. The number of carbonyl (C=O) groups is 2. The van der Waals surface area contributed by atoms with Crippen LogP contribution in [0.3, 0.4) is 0 Å². The summed E-state index contributed by atoms with van der Waals surface area (Å²) in [6, 6.07) is 14.0. The zero-order chi connectivity index (χ0) is 16.4. The van der Waals surface area contributed by atoms with Gasteiger partial charge in [-0.1, -0.05) is 30.3 Å². The molecule has 2 aromatic rings. The van der Waals surface area contributed by atoms with E-state index in [0.29, 0.717) is 17.1 Å². The number of carbonyl (C=O) groups excluding carboxylic acids is 1. The molecule has 0 fully saturated rings. The van der Waals surface area contributed by atoms with Crippen LogP contribution in [-0.2, 0) is 4.79 Å². The van der Waals surface area contributed by atoms with E-state index in [1.54, 1.807) is 18.2 Å². The Kier molecular flexibility index (Phi) is 3.85. The summed E-state index contributed by atoms with van der Waals surface area (Å²) in [5, 5.41) is 8.87. The first kappa shape index (κ1) is 14.8. The number of hydrogen-bond donors (Lipinski definition) is 1. The van der Waals surface area contributed by atoms with Crippen molar-refractivity contribution in [3.8, 4) is 11.5 Å². The minimum atomic E-state index is -1.06. The van der Waals surface area contributed by atoms with Crippen molar-refractivity contribution in [1.82, 2.24) is 0 Å². The molecule has 5 nitrogen and oxygen atoms in total. The molecule has 1 aliphatic rings. The van der Waals surface area contributed by atoms with E-state index in [1.807, 2.05) is 30.3 Å². The van der Waals surface area contributed by atoms with Crippen molar-refractivity contribution in [3.05, 3.63) is 65.4 Å². The Balaban J connectivity index is 1.85. The number of benzene rings is 2. The fourth-order valence-corrected chi connectivity index (χ4v) is 2.20. The van der Waals surface area contributed by atoms with Gasteiger partial charge in [0.2, 0.25) is 5.78 Å². The molecule has 0 spiro atoms. The van der Waals surface area contributed by atoms with Crippen LogP contribution < -0.4 is 9.47 Å². The van der Waals surface area contributed by atoms with E-state index in [2.05, 4.69) is 0 Å². The third-order valence-corrected chi connectivity index (χ3v) is 3.40. The fraction of sp³-hybridized carbons (Fsp3) is 0.111. The number of rotatable bonds is 4. The van der Waals surface area contributed by atoms with Gasteiger partial charge in [0, 0.05) is 6.07 Å². The Morgan fingerprint density at radius 3 is 2.65 bits per heavy atom. The molecule has 5 heteroatoms. The lowest BCUT2D eigenvalue weighted by molar-refractivity contribution is -0.144. The molecule has 3 rings (SSSR count). The van der Waals surface area contributed by atoms with Crippen LogP contribution in [-0.4, -0.2) is 23.0 Å². The third-order valence-electron chi connectivity index (χ3n) is 3.40. The summed E-state index contributed by atoms with van der Waals surface area (Å²) in [7, 11) is 0. The molecule has 1 N–H and O–H groups in total. The van der Waals surface area contributed by atoms with Gasteiger partial charge in [0.25, 0.3) is 0 Å². The molecule has 116 valence electrons. The van der Waals surface area contributed by atoms with Crippen molar-refractivity contribution < 1.29 is 24.2 Å². The zero-order valence-electron chi connectivity index (χ0n) is 12.4. The van der Waals surface area contributed by atoms with Crippen LogP contribution in [0.1, 0.15) is 22.8 Å². The van der Waals surface area contributed by atoms with E-state index in [4.69, 9.17) is 14.6 Å². The second kappa shape index (κ2) is 5.96. The molecule has 0 radical (unpaired) electrons. The Morgan fingerprint density at radius 1 is 1.22 bits per heavy atom. The molecule has 0 aliphatic carbocycles. The Hall–Kier alpha value is -3.08. The molecule has 0 aromatic heterocycles. The van der Waals surface area contributed by atoms with E-state index < -0.39 is 12.1 Å². The number of ether oxygens (including phenoxy) is 2. The number of carboxylic acid groups (broad SMARTS) is 1. The molecular formula is C18H14O5. The zero-order valence-corrected chi connectivity index (χ0v) is 12.4. The van der Waals surface area contributed by atoms with Gasteiger partial charge in [0.15, 0.2) is 11.9 Å². The minimum absolute atomic E-state index is 0.207. The van der Waals surface area contributed by atoms with Crippen LogP contribution in [0.5, 0.6) is 11.5 Å². The van der Waals surface area contributed by atoms with Crippen molar-refractivity contribution in [2.75, 3.05) is 0 Å². The van der Waals surface area contributed by atoms with Gasteiger partial charge in [-0.25, -0.2) is 4.79 Å². The van der Waals surface area contributed by atoms with Crippen molar-refractivity contribution in [1.29, 1.82) is 0 Å². The van der Waals surface area contributed by atoms with Crippen molar-refractivity contribution in [3.63, 3.8) is 0 Å². The summed E-state index contributed by atoms with van der Waals surface area (Å²) in [5.41, 5.74) is 1.29. The van der Waals surface area contributed by atoms with Gasteiger partial charge in [-0.15, -0.1) is 0 Å². The van der Waals surface area contributed by atoms with Crippen molar-refractivity contribution >= 4 is 17.8 Å². The predicted octanol–water partition coefficient (Wildman–Crippen LogP) is 3.15. The van der Waals surface area contributed by atoms with Crippen molar-refractivity contribution in [2.45, 2.75) is 13.0 Å². The van der Waals surface area contributed by atoms with Crippen LogP contribution in [0.15, 0.2) is 54.3 Å².